The van der Waals surface area contributed by atoms with Crippen LogP contribution in [0.25, 0.3) is 0 Å². The first-order chi connectivity index (χ1) is 17.1. The van der Waals surface area contributed by atoms with Crippen LogP contribution in [0, 0.1) is 11.8 Å². The summed E-state index contributed by atoms with van der Waals surface area (Å²) in [6, 6.07) is 23.6. The number of carbonyl (C=O) groups excluding carboxylic acids is 3. The second kappa shape index (κ2) is 7.64. The average Bonchev–Trinajstić information content (AvgIpc) is 3.19. The van der Waals surface area contributed by atoms with Crippen molar-refractivity contribution in [1.82, 2.24) is 4.90 Å². The van der Waals surface area contributed by atoms with Crippen molar-refractivity contribution in [2.45, 2.75) is 31.1 Å². The number of nitrogens with zero attached hydrogens (tertiary/aromatic N) is 2. The standard InChI is InChI=1S/C30H26N2O3/c33-28(31-16-6-1-7-17-31)18-12-14-19(15-13-18)32-29(34)26-24-20-8-2-3-9-21(20)25(27(26)30(32)35)23-11-5-4-10-22(23)24/h2-5,8-15,24-27H,1,6-7,16-17H2. The zero-order chi connectivity index (χ0) is 23.7. The summed E-state index contributed by atoms with van der Waals surface area (Å²) in [5.74, 6) is -1.26. The largest absolute Gasteiger partial charge is 0.339 e. The third-order valence-corrected chi connectivity index (χ3v) is 8.46. The number of likely N-dealkylation sites (tertiary alicyclic amines) is 1. The topological polar surface area (TPSA) is 57.7 Å². The number of hydrogen-bond acceptors (Lipinski definition) is 3. The Bertz CT molecular complexity index is 1260. The number of amides is 3. The van der Waals surface area contributed by atoms with Gasteiger partial charge in [-0.05, 0) is 65.8 Å². The molecule has 0 spiro atoms. The Balaban J connectivity index is 1.25. The lowest BCUT2D eigenvalue weighted by molar-refractivity contribution is -0.122. The van der Waals surface area contributed by atoms with E-state index < -0.39 is 11.8 Å². The van der Waals surface area contributed by atoms with Crippen LogP contribution in [0.1, 0.15) is 63.7 Å². The van der Waals surface area contributed by atoms with Gasteiger partial charge < -0.3 is 4.90 Å². The maximum atomic E-state index is 13.9. The molecule has 2 aliphatic heterocycles. The number of anilines is 1. The molecule has 0 radical (unpaired) electrons. The third-order valence-electron chi connectivity index (χ3n) is 8.46. The van der Waals surface area contributed by atoms with Crippen LogP contribution >= 0.6 is 0 Å². The van der Waals surface area contributed by atoms with Crippen LogP contribution in [0.3, 0.4) is 0 Å². The summed E-state index contributed by atoms with van der Waals surface area (Å²) in [5.41, 5.74) is 5.83. The first-order valence-electron chi connectivity index (χ1n) is 12.6. The van der Waals surface area contributed by atoms with E-state index in [9.17, 15) is 14.4 Å². The molecule has 5 heteroatoms. The number of carbonyl (C=O) groups is 3. The van der Waals surface area contributed by atoms with Crippen LogP contribution in [0.15, 0.2) is 72.8 Å². The fourth-order valence-electron chi connectivity index (χ4n) is 6.96. The predicted molar refractivity (Wildman–Crippen MR) is 132 cm³/mol. The lowest BCUT2D eigenvalue weighted by Crippen LogP contribution is -2.41. The first kappa shape index (κ1) is 20.6. The summed E-state index contributed by atoms with van der Waals surface area (Å²) < 4.78 is 0. The van der Waals surface area contributed by atoms with Crippen LogP contribution in [0.4, 0.5) is 5.69 Å². The minimum absolute atomic E-state index is 0.0212. The SMILES string of the molecule is O=C(c1ccc(N2C(=O)C3C4c5ccccc5C(c5ccccc54)C3C2=O)cc1)N1CCCCC1. The van der Waals surface area contributed by atoms with E-state index in [1.54, 1.807) is 24.3 Å². The van der Waals surface area contributed by atoms with Gasteiger partial charge in [0.05, 0.1) is 17.5 Å². The zero-order valence-corrected chi connectivity index (χ0v) is 19.4. The van der Waals surface area contributed by atoms with E-state index >= 15 is 0 Å². The number of benzene rings is 3. The monoisotopic (exact) mass is 462 g/mol. The minimum Gasteiger partial charge on any atom is -0.339 e. The molecule has 0 saturated carbocycles. The normalized spacial score (nSPS) is 26.4. The fourth-order valence-corrected chi connectivity index (χ4v) is 6.96. The minimum atomic E-state index is -0.396. The molecule has 3 aromatic carbocycles. The summed E-state index contributed by atoms with van der Waals surface area (Å²) in [5, 5.41) is 0. The van der Waals surface area contributed by atoms with E-state index in [4.69, 9.17) is 0 Å². The Kier molecular flexibility index (Phi) is 4.50. The molecule has 2 bridgehead atoms. The van der Waals surface area contributed by atoms with Gasteiger partial charge in [-0.25, -0.2) is 4.90 Å². The van der Waals surface area contributed by atoms with Crippen molar-refractivity contribution in [2.24, 2.45) is 11.8 Å². The van der Waals surface area contributed by atoms with Gasteiger partial charge in [0, 0.05) is 30.5 Å². The van der Waals surface area contributed by atoms with Gasteiger partial charge in [-0.3, -0.25) is 14.4 Å². The zero-order valence-electron chi connectivity index (χ0n) is 19.4. The predicted octanol–water partition coefficient (Wildman–Crippen LogP) is 4.71. The highest BCUT2D eigenvalue weighted by Crippen LogP contribution is 2.61. The van der Waals surface area contributed by atoms with Gasteiger partial charge in [0.25, 0.3) is 5.91 Å². The van der Waals surface area contributed by atoms with Crippen LogP contribution in [0.2, 0.25) is 0 Å². The van der Waals surface area contributed by atoms with Gasteiger partial charge in [-0.15, -0.1) is 0 Å². The summed E-state index contributed by atoms with van der Waals surface area (Å²) in [4.78, 5) is 43.9. The molecular weight excluding hydrogens is 436 g/mol. The summed E-state index contributed by atoms with van der Waals surface area (Å²) >= 11 is 0. The molecule has 2 heterocycles. The molecule has 2 saturated heterocycles. The van der Waals surface area contributed by atoms with E-state index in [1.165, 1.54) is 33.6 Å². The highest BCUT2D eigenvalue weighted by atomic mass is 16.2. The van der Waals surface area contributed by atoms with Crippen molar-refractivity contribution in [3.8, 4) is 0 Å². The summed E-state index contributed by atoms with van der Waals surface area (Å²) in [7, 11) is 0. The number of imide groups is 1. The van der Waals surface area contributed by atoms with Crippen molar-refractivity contribution in [2.75, 3.05) is 18.0 Å². The molecule has 3 aromatic rings. The first-order valence-corrected chi connectivity index (χ1v) is 12.6. The molecule has 2 atom stereocenters. The summed E-state index contributed by atoms with van der Waals surface area (Å²) in [6.07, 6.45) is 3.24. The van der Waals surface area contributed by atoms with Crippen molar-refractivity contribution < 1.29 is 14.4 Å². The molecule has 174 valence electrons. The average molecular weight is 463 g/mol. The smallest absolute Gasteiger partial charge is 0.253 e. The second-order valence-corrected chi connectivity index (χ2v) is 10.2. The van der Waals surface area contributed by atoms with E-state index in [-0.39, 0.29) is 29.6 Å². The van der Waals surface area contributed by atoms with E-state index in [0.717, 1.165) is 25.9 Å². The van der Waals surface area contributed by atoms with Crippen molar-refractivity contribution in [1.29, 1.82) is 0 Å². The molecule has 3 amide bonds. The van der Waals surface area contributed by atoms with Crippen molar-refractivity contribution in [3.05, 3.63) is 101 Å². The van der Waals surface area contributed by atoms with Gasteiger partial charge in [-0.2, -0.15) is 0 Å². The summed E-state index contributed by atoms with van der Waals surface area (Å²) in [6.45, 7) is 1.58. The van der Waals surface area contributed by atoms with Crippen LogP contribution in [0.5, 0.6) is 0 Å². The van der Waals surface area contributed by atoms with Crippen LogP contribution in [-0.2, 0) is 9.59 Å². The molecule has 35 heavy (non-hydrogen) atoms. The van der Waals surface area contributed by atoms with E-state index in [0.29, 0.717) is 11.3 Å². The molecule has 3 aliphatic carbocycles. The van der Waals surface area contributed by atoms with Gasteiger partial charge in [0.1, 0.15) is 0 Å². The molecule has 5 nitrogen and oxygen atoms in total. The number of piperidine rings is 1. The highest BCUT2D eigenvalue weighted by Gasteiger charge is 2.61. The quantitative estimate of drug-likeness (QED) is 0.519. The van der Waals surface area contributed by atoms with Gasteiger partial charge >= 0.3 is 0 Å². The number of rotatable bonds is 2. The molecule has 5 aliphatic rings. The molecule has 0 aromatic heterocycles. The van der Waals surface area contributed by atoms with Gasteiger partial charge in [-0.1, -0.05) is 48.5 Å². The van der Waals surface area contributed by atoms with E-state index in [1.807, 2.05) is 29.2 Å². The Hall–Kier alpha value is -3.73. The lowest BCUT2D eigenvalue weighted by Gasteiger charge is -2.45. The van der Waals surface area contributed by atoms with E-state index in [2.05, 4.69) is 24.3 Å². The third kappa shape index (κ3) is 2.84. The maximum Gasteiger partial charge on any atom is 0.253 e. The molecule has 2 unspecified atom stereocenters. The lowest BCUT2D eigenvalue weighted by atomic mass is 9.55. The Morgan fingerprint density at radius 1 is 0.629 bits per heavy atom. The van der Waals surface area contributed by atoms with Crippen molar-refractivity contribution >= 4 is 23.4 Å². The Morgan fingerprint density at radius 2 is 1.09 bits per heavy atom. The maximum absolute atomic E-state index is 13.9. The molecule has 2 fully saturated rings. The fraction of sp³-hybridized carbons (Fsp3) is 0.300. The van der Waals surface area contributed by atoms with Crippen LogP contribution in [-0.4, -0.2) is 35.7 Å². The van der Waals surface area contributed by atoms with Gasteiger partial charge in [0.2, 0.25) is 11.8 Å². The number of hydrogen-bond donors (Lipinski definition) is 0. The van der Waals surface area contributed by atoms with Gasteiger partial charge in [0.15, 0.2) is 0 Å². The molecular formula is C30H26N2O3. The molecule has 0 N–H and O–H groups in total. The highest BCUT2D eigenvalue weighted by molar-refractivity contribution is 6.23. The van der Waals surface area contributed by atoms with Crippen LogP contribution < -0.4 is 4.90 Å². The second-order valence-electron chi connectivity index (χ2n) is 10.2. The Labute approximate surface area is 204 Å². The van der Waals surface area contributed by atoms with Crippen molar-refractivity contribution in [3.63, 3.8) is 0 Å². The molecule has 8 rings (SSSR count). The Morgan fingerprint density at radius 3 is 1.54 bits per heavy atom.